The zero-order valence-corrected chi connectivity index (χ0v) is 14.7. The molecule has 0 radical (unpaired) electrons. The molecule has 1 heterocycles. The Bertz CT molecular complexity index is 365. The molecule has 1 aliphatic heterocycles. The summed E-state index contributed by atoms with van der Waals surface area (Å²) in [6.07, 6.45) is 6.26. The molecule has 0 aromatic heterocycles. The molecule has 0 aromatic carbocycles. The summed E-state index contributed by atoms with van der Waals surface area (Å²) in [5, 5.41) is 3.35. The first-order valence-corrected chi connectivity index (χ1v) is 9.91. The Morgan fingerprint density at radius 3 is 2.43 bits per heavy atom. The lowest BCUT2D eigenvalue weighted by atomic mass is 9.98. The second-order valence-corrected chi connectivity index (χ2v) is 7.87. The van der Waals surface area contributed by atoms with Crippen LogP contribution in [-0.4, -0.2) is 44.9 Å². The van der Waals surface area contributed by atoms with Crippen LogP contribution in [-0.2, 0) is 10.2 Å². The fraction of sp³-hybridized carbons (Fsp3) is 1.00. The molecule has 1 saturated heterocycles. The van der Waals surface area contributed by atoms with Crippen molar-refractivity contribution in [3.63, 3.8) is 0 Å². The van der Waals surface area contributed by atoms with E-state index in [9.17, 15) is 8.42 Å². The Kier molecular flexibility index (Phi) is 8.78. The lowest BCUT2D eigenvalue weighted by molar-refractivity contribution is 0.264. The number of hydrogen-bond acceptors (Lipinski definition) is 3. The minimum atomic E-state index is -3.30. The van der Waals surface area contributed by atoms with E-state index in [-0.39, 0.29) is 6.04 Å². The van der Waals surface area contributed by atoms with E-state index in [1.165, 1.54) is 12.8 Å². The van der Waals surface area contributed by atoms with Crippen LogP contribution in [0.2, 0.25) is 0 Å². The first-order chi connectivity index (χ1) is 9.99. The van der Waals surface area contributed by atoms with Gasteiger partial charge in [0.1, 0.15) is 0 Å². The van der Waals surface area contributed by atoms with Crippen LogP contribution in [0.1, 0.15) is 59.3 Å². The van der Waals surface area contributed by atoms with E-state index in [0.29, 0.717) is 19.0 Å². The largest absolute Gasteiger partial charge is 0.317 e. The van der Waals surface area contributed by atoms with Crippen LogP contribution in [0.3, 0.4) is 0 Å². The monoisotopic (exact) mass is 319 g/mol. The van der Waals surface area contributed by atoms with Crippen LogP contribution in [0.5, 0.6) is 0 Å². The van der Waals surface area contributed by atoms with Gasteiger partial charge in [-0.1, -0.05) is 33.1 Å². The third-order valence-corrected chi connectivity index (χ3v) is 5.93. The molecule has 1 fully saturated rings. The molecule has 1 atom stereocenters. The molecule has 0 spiro atoms. The normalized spacial score (nSPS) is 19.8. The maximum atomic E-state index is 12.3. The predicted molar refractivity (Wildman–Crippen MR) is 88.5 cm³/mol. The second kappa shape index (κ2) is 9.77. The van der Waals surface area contributed by atoms with Crippen molar-refractivity contribution in [1.82, 2.24) is 14.3 Å². The minimum Gasteiger partial charge on any atom is -0.317 e. The van der Waals surface area contributed by atoms with Crippen LogP contribution >= 0.6 is 0 Å². The Labute approximate surface area is 131 Å². The highest BCUT2D eigenvalue weighted by molar-refractivity contribution is 7.87. The lowest BCUT2D eigenvalue weighted by Crippen LogP contribution is -2.48. The van der Waals surface area contributed by atoms with E-state index in [4.69, 9.17) is 0 Å². The van der Waals surface area contributed by atoms with Crippen LogP contribution in [0.15, 0.2) is 0 Å². The SMILES string of the molecule is CCCCCC(C)NS(=O)(=O)N1CCC(CNCC)CC1. The van der Waals surface area contributed by atoms with Crippen LogP contribution in [0, 0.1) is 5.92 Å². The molecule has 126 valence electrons. The molecule has 0 saturated carbocycles. The fourth-order valence-corrected chi connectivity index (χ4v) is 4.26. The fourth-order valence-electron chi connectivity index (χ4n) is 2.79. The first-order valence-electron chi connectivity index (χ1n) is 8.47. The van der Waals surface area contributed by atoms with E-state index >= 15 is 0 Å². The molecule has 6 heteroatoms. The predicted octanol–water partition coefficient (Wildman–Crippen LogP) is 2.11. The van der Waals surface area contributed by atoms with Crippen LogP contribution in [0.25, 0.3) is 0 Å². The molecule has 0 bridgehead atoms. The Morgan fingerprint density at radius 2 is 1.86 bits per heavy atom. The molecular weight excluding hydrogens is 286 g/mol. The molecule has 0 aliphatic carbocycles. The molecule has 5 nitrogen and oxygen atoms in total. The highest BCUT2D eigenvalue weighted by Crippen LogP contribution is 2.19. The molecule has 2 N–H and O–H groups in total. The summed E-state index contributed by atoms with van der Waals surface area (Å²) in [7, 11) is -3.30. The molecule has 0 aromatic rings. The van der Waals surface area contributed by atoms with Crippen molar-refractivity contribution in [1.29, 1.82) is 0 Å². The number of hydrogen-bond donors (Lipinski definition) is 2. The van der Waals surface area contributed by atoms with Crippen molar-refractivity contribution >= 4 is 10.2 Å². The van der Waals surface area contributed by atoms with E-state index in [2.05, 4.69) is 23.9 Å². The van der Waals surface area contributed by atoms with Gasteiger partial charge in [-0.15, -0.1) is 0 Å². The lowest BCUT2D eigenvalue weighted by Gasteiger charge is -2.32. The van der Waals surface area contributed by atoms with Crippen molar-refractivity contribution in [3.8, 4) is 0 Å². The standard InChI is InChI=1S/C15H33N3O2S/c1-4-6-7-8-14(3)17-21(19,20)18-11-9-15(10-12-18)13-16-5-2/h14-17H,4-13H2,1-3H3. The van der Waals surface area contributed by atoms with Gasteiger partial charge in [-0.25, -0.2) is 0 Å². The van der Waals surface area contributed by atoms with Gasteiger partial charge in [-0.3, -0.25) is 0 Å². The Morgan fingerprint density at radius 1 is 1.19 bits per heavy atom. The van der Waals surface area contributed by atoms with Crippen LogP contribution < -0.4 is 10.0 Å². The number of nitrogens with zero attached hydrogens (tertiary/aromatic N) is 1. The minimum absolute atomic E-state index is 0.0287. The summed E-state index contributed by atoms with van der Waals surface area (Å²) in [5.74, 6) is 0.610. The quantitative estimate of drug-likeness (QED) is 0.606. The van der Waals surface area contributed by atoms with Gasteiger partial charge in [0.15, 0.2) is 0 Å². The molecule has 1 rings (SSSR count). The van der Waals surface area contributed by atoms with Gasteiger partial charge in [0.25, 0.3) is 10.2 Å². The molecular formula is C15H33N3O2S. The number of unbranched alkanes of at least 4 members (excludes halogenated alkanes) is 2. The van der Waals surface area contributed by atoms with Crippen molar-refractivity contribution in [3.05, 3.63) is 0 Å². The summed E-state index contributed by atoms with van der Waals surface area (Å²) in [6.45, 7) is 9.50. The summed E-state index contributed by atoms with van der Waals surface area (Å²) in [4.78, 5) is 0. The van der Waals surface area contributed by atoms with Gasteiger partial charge < -0.3 is 5.32 Å². The number of rotatable bonds is 10. The first kappa shape index (κ1) is 18.9. The van der Waals surface area contributed by atoms with Gasteiger partial charge in [-0.05, 0) is 45.2 Å². The molecule has 0 amide bonds. The average Bonchev–Trinajstić information content (AvgIpc) is 2.45. The maximum Gasteiger partial charge on any atom is 0.279 e. The zero-order valence-electron chi connectivity index (χ0n) is 13.9. The number of nitrogens with one attached hydrogen (secondary N) is 2. The van der Waals surface area contributed by atoms with Gasteiger partial charge >= 0.3 is 0 Å². The van der Waals surface area contributed by atoms with Crippen molar-refractivity contribution in [2.45, 2.75) is 65.3 Å². The van der Waals surface area contributed by atoms with Gasteiger partial charge in [-0.2, -0.15) is 17.4 Å². The Balaban J connectivity index is 2.35. The highest BCUT2D eigenvalue weighted by atomic mass is 32.2. The van der Waals surface area contributed by atoms with Gasteiger partial charge in [0.2, 0.25) is 0 Å². The summed E-state index contributed by atoms with van der Waals surface area (Å²) in [6, 6.07) is 0.0287. The van der Waals surface area contributed by atoms with Crippen LogP contribution in [0.4, 0.5) is 0 Å². The second-order valence-electron chi connectivity index (χ2n) is 6.17. The molecule has 21 heavy (non-hydrogen) atoms. The van der Waals surface area contributed by atoms with Crippen molar-refractivity contribution < 1.29 is 8.42 Å². The smallest absolute Gasteiger partial charge is 0.279 e. The van der Waals surface area contributed by atoms with E-state index in [0.717, 1.165) is 38.8 Å². The number of piperidine rings is 1. The third kappa shape index (κ3) is 7.08. The van der Waals surface area contributed by atoms with E-state index in [1.807, 2.05) is 6.92 Å². The third-order valence-electron chi connectivity index (χ3n) is 4.19. The van der Waals surface area contributed by atoms with E-state index in [1.54, 1.807) is 4.31 Å². The summed E-state index contributed by atoms with van der Waals surface area (Å²) in [5.41, 5.74) is 0. The van der Waals surface area contributed by atoms with E-state index < -0.39 is 10.2 Å². The zero-order chi connectivity index (χ0) is 15.7. The highest BCUT2D eigenvalue weighted by Gasteiger charge is 2.28. The maximum absolute atomic E-state index is 12.3. The van der Waals surface area contributed by atoms with Gasteiger partial charge in [0.05, 0.1) is 0 Å². The summed E-state index contributed by atoms with van der Waals surface area (Å²) < 4.78 is 29.1. The van der Waals surface area contributed by atoms with Gasteiger partial charge in [0, 0.05) is 19.1 Å². The average molecular weight is 320 g/mol. The molecule has 1 unspecified atom stereocenters. The topological polar surface area (TPSA) is 61.4 Å². The summed E-state index contributed by atoms with van der Waals surface area (Å²) >= 11 is 0. The Hall–Kier alpha value is -0.170. The van der Waals surface area contributed by atoms with Crippen molar-refractivity contribution in [2.75, 3.05) is 26.2 Å². The molecule has 1 aliphatic rings. The van der Waals surface area contributed by atoms with Crippen molar-refractivity contribution in [2.24, 2.45) is 5.92 Å².